The maximum atomic E-state index is 12.3. The first-order valence-corrected chi connectivity index (χ1v) is 5.94. The van der Waals surface area contributed by atoms with Crippen molar-refractivity contribution in [1.29, 1.82) is 0 Å². The number of amides is 1. The van der Waals surface area contributed by atoms with Crippen molar-refractivity contribution in [2.24, 2.45) is 0 Å². The highest BCUT2D eigenvalue weighted by atomic mass is 16.2. The van der Waals surface area contributed by atoms with Gasteiger partial charge >= 0.3 is 0 Å². The highest BCUT2D eigenvalue weighted by Gasteiger charge is 2.51. The van der Waals surface area contributed by atoms with Gasteiger partial charge in [-0.05, 0) is 24.5 Å². The van der Waals surface area contributed by atoms with E-state index in [0.717, 1.165) is 18.4 Å². The van der Waals surface area contributed by atoms with Gasteiger partial charge in [-0.3, -0.25) is 4.79 Å². The summed E-state index contributed by atoms with van der Waals surface area (Å²) in [6, 6.07) is 11.6. The van der Waals surface area contributed by atoms with Gasteiger partial charge in [-0.15, -0.1) is 0 Å². The molecule has 3 rings (SSSR count). The molecule has 1 aromatic heterocycles. The van der Waals surface area contributed by atoms with Gasteiger partial charge in [0.1, 0.15) is 12.1 Å². The van der Waals surface area contributed by atoms with Crippen molar-refractivity contribution in [2.45, 2.75) is 18.3 Å². The van der Waals surface area contributed by atoms with Crippen molar-refractivity contribution in [2.75, 3.05) is 5.32 Å². The molecule has 2 aromatic rings. The monoisotopic (exact) mass is 239 g/mol. The first-order valence-electron chi connectivity index (χ1n) is 5.94. The van der Waals surface area contributed by atoms with Crippen LogP contribution in [0.25, 0.3) is 0 Å². The quantitative estimate of drug-likeness (QED) is 0.892. The lowest BCUT2D eigenvalue weighted by atomic mass is 9.95. The fourth-order valence-electron chi connectivity index (χ4n) is 2.13. The lowest BCUT2D eigenvalue weighted by molar-refractivity contribution is -0.118. The van der Waals surface area contributed by atoms with Gasteiger partial charge in [0.05, 0.1) is 5.41 Å². The van der Waals surface area contributed by atoms with Crippen molar-refractivity contribution in [3.63, 3.8) is 0 Å². The van der Waals surface area contributed by atoms with Crippen LogP contribution in [0.2, 0.25) is 0 Å². The van der Waals surface area contributed by atoms with Crippen LogP contribution in [0.3, 0.4) is 0 Å². The summed E-state index contributed by atoms with van der Waals surface area (Å²) in [4.78, 5) is 20.2. The van der Waals surface area contributed by atoms with E-state index < -0.39 is 0 Å². The fourth-order valence-corrected chi connectivity index (χ4v) is 2.13. The average Bonchev–Trinajstić information content (AvgIpc) is 3.22. The minimum absolute atomic E-state index is 0.0207. The second-order valence-electron chi connectivity index (χ2n) is 4.50. The Bertz CT molecular complexity index is 550. The van der Waals surface area contributed by atoms with Crippen molar-refractivity contribution in [3.05, 3.63) is 54.5 Å². The molecule has 1 amide bonds. The summed E-state index contributed by atoms with van der Waals surface area (Å²) in [6.45, 7) is 0. The number of rotatable bonds is 3. The molecule has 0 bridgehead atoms. The third-order valence-electron chi connectivity index (χ3n) is 3.33. The SMILES string of the molecule is O=C(Nc1ccncn1)C1(c2ccccc2)CC1. The molecule has 18 heavy (non-hydrogen) atoms. The van der Waals surface area contributed by atoms with Gasteiger partial charge < -0.3 is 5.32 Å². The zero-order valence-corrected chi connectivity index (χ0v) is 9.84. The summed E-state index contributed by atoms with van der Waals surface area (Å²) < 4.78 is 0. The lowest BCUT2D eigenvalue weighted by Gasteiger charge is -2.15. The van der Waals surface area contributed by atoms with E-state index in [0.29, 0.717) is 5.82 Å². The van der Waals surface area contributed by atoms with E-state index in [4.69, 9.17) is 0 Å². The smallest absolute Gasteiger partial charge is 0.236 e. The number of hydrogen-bond donors (Lipinski definition) is 1. The number of benzene rings is 1. The van der Waals surface area contributed by atoms with Crippen LogP contribution in [0, 0.1) is 0 Å². The molecule has 1 aromatic carbocycles. The van der Waals surface area contributed by atoms with Crippen molar-refractivity contribution in [1.82, 2.24) is 9.97 Å². The summed E-state index contributed by atoms with van der Waals surface area (Å²) in [5.41, 5.74) is 0.725. The van der Waals surface area contributed by atoms with Crippen molar-refractivity contribution < 1.29 is 4.79 Å². The number of hydrogen-bond acceptors (Lipinski definition) is 3. The second kappa shape index (κ2) is 4.22. The van der Waals surface area contributed by atoms with Crippen LogP contribution in [-0.2, 0) is 10.2 Å². The maximum absolute atomic E-state index is 12.3. The second-order valence-corrected chi connectivity index (χ2v) is 4.50. The third kappa shape index (κ3) is 1.86. The molecule has 4 heteroatoms. The van der Waals surface area contributed by atoms with Gasteiger partial charge in [0.25, 0.3) is 0 Å². The number of aromatic nitrogens is 2. The Morgan fingerprint density at radius 3 is 2.56 bits per heavy atom. The summed E-state index contributed by atoms with van der Waals surface area (Å²) in [5, 5.41) is 2.85. The summed E-state index contributed by atoms with van der Waals surface area (Å²) in [5.74, 6) is 0.574. The van der Waals surface area contributed by atoms with Gasteiger partial charge in [0, 0.05) is 6.20 Å². The molecular weight excluding hydrogens is 226 g/mol. The van der Waals surface area contributed by atoms with Gasteiger partial charge in [0.15, 0.2) is 0 Å². The van der Waals surface area contributed by atoms with E-state index in [2.05, 4.69) is 15.3 Å². The first kappa shape index (κ1) is 10.9. The molecule has 1 aliphatic rings. The summed E-state index contributed by atoms with van der Waals surface area (Å²) in [7, 11) is 0. The van der Waals surface area contributed by atoms with Crippen LogP contribution in [0.5, 0.6) is 0 Å². The standard InChI is InChI=1S/C14H13N3O/c18-13(17-12-6-9-15-10-16-12)14(7-8-14)11-4-2-1-3-5-11/h1-6,9-10H,7-8H2,(H,15,16,17,18). The van der Waals surface area contributed by atoms with Crippen LogP contribution < -0.4 is 5.32 Å². The van der Waals surface area contributed by atoms with E-state index >= 15 is 0 Å². The van der Waals surface area contributed by atoms with E-state index in [-0.39, 0.29) is 11.3 Å². The van der Waals surface area contributed by atoms with Gasteiger partial charge in [-0.2, -0.15) is 0 Å². The molecule has 1 heterocycles. The van der Waals surface area contributed by atoms with Gasteiger partial charge in [-0.1, -0.05) is 30.3 Å². The van der Waals surface area contributed by atoms with Crippen molar-refractivity contribution >= 4 is 11.7 Å². The summed E-state index contributed by atoms with van der Waals surface area (Å²) in [6.07, 6.45) is 4.84. The highest BCUT2D eigenvalue weighted by Crippen LogP contribution is 2.48. The molecule has 1 N–H and O–H groups in total. The molecule has 0 spiro atoms. The number of nitrogens with one attached hydrogen (secondary N) is 1. The molecule has 0 radical (unpaired) electrons. The highest BCUT2D eigenvalue weighted by molar-refractivity contribution is 6.00. The van der Waals surface area contributed by atoms with Crippen LogP contribution in [0.1, 0.15) is 18.4 Å². The van der Waals surface area contributed by atoms with E-state index in [9.17, 15) is 4.79 Å². The predicted molar refractivity (Wildman–Crippen MR) is 68.0 cm³/mol. The Hall–Kier alpha value is -2.23. The van der Waals surface area contributed by atoms with Crippen LogP contribution in [-0.4, -0.2) is 15.9 Å². The first-order chi connectivity index (χ1) is 8.81. The van der Waals surface area contributed by atoms with Crippen LogP contribution in [0.15, 0.2) is 48.9 Å². The van der Waals surface area contributed by atoms with Gasteiger partial charge in [-0.25, -0.2) is 9.97 Å². The minimum Gasteiger partial charge on any atom is -0.310 e. The molecule has 0 unspecified atom stereocenters. The largest absolute Gasteiger partial charge is 0.310 e. The Morgan fingerprint density at radius 1 is 1.17 bits per heavy atom. The summed E-state index contributed by atoms with van der Waals surface area (Å²) >= 11 is 0. The molecule has 90 valence electrons. The van der Waals surface area contributed by atoms with E-state index in [1.54, 1.807) is 12.3 Å². The zero-order chi connectivity index (χ0) is 12.4. The predicted octanol–water partition coefficient (Wildman–Crippen LogP) is 2.15. The van der Waals surface area contributed by atoms with E-state index in [1.165, 1.54) is 6.33 Å². The number of carbonyl (C=O) groups excluding carboxylic acids is 1. The van der Waals surface area contributed by atoms with Crippen LogP contribution >= 0.6 is 0 Å². The molecule has 1 saturated carbocycles. The molecule has 4 nitrogen and oxygen atoms in total. The molecule has 0 aliphatic heterocycles. The Kier molecular flexibility index (Phi) is 2.55. The third-order valence-corrected chi connectivity index (χ3v) is 3.33. The molecule has 1 aliphatic carbocycles. The molecule has 0 atom stereocenters. The molecule has 0 saturated heterocycles. The maximum Gasteiger partial charge on any atom is 0.236 e. The Balaban J connectivity index is 1.81. The van der Waals surface area contributed by atoms with E-state index in [1.807, 2.05) is 30.3 Å². The van der Waals surface area contributed by atoms with Gasteiger partial charge in [0.2, 0.25) is 5.91 Å². The lowest BCUT2D eigenvalue weighted by Crippen LogP contribution is -2.28. The Morgan fingerprint density at radius 2 is 1.94 bits per heavy atom. The number of carbonyl (C=O) groups is 1. The average molecular weight is 239 g/mol. The number of nitrogens with zero attached hydrogens (tertiary/aromatic N) is 2. The zero-order valence-electron chi connectivity index (χ0n) is 9.84. The van der Waals surface area contributed by atoms with Crippen molar-refractivity contribution in [3.8, 4) is 0 Å². The fraction of sp³-hybridized carbons (Fsp3) is 0.214. The topological polar surface area (TPSA) is 54.9 Å². The normalized spacial score (nSPS) is 16.0. The van der Waals surface area contributed by atoms with Crippen LogP contribution in [0.4, 0.5) is 5.82 Å². The Labute approximate surface area is 105 Å². The minimum atomic E-state index is -0.355. The molecular formula is C14H13N3O. The number of anilines is 1. The molecule has 1 fully saturated rings.